The molecule has 0 saturated heterocycles. The normalized spacial score (nSPS) is 10.4. The van der Waals surface area contributed by atoms with E-state index in [4.69, 9.17) is 0 Å². The van der Waals surface area contributed by atoms with Gasteiger partial charge in [-0.2, -0.15) is 0 Å². The minimum Gasteiger partial charge on any atom is -0.463 e. The maximum Gasteiger partial charge on any atom is 0.374 e. The van der Waals surface area contributed by atoms with Crippen molar-refractivity contribution in [1.82, 2.24) is 4.57 Å². The summed E-state index contributed by atoms with van der Waals surface area (Å²) < 4.78 is 6.08. The van der Waals surface area contributed by atoms with Gasteiger partial charge in [-0.05, 0) is 24.6 Å². The molecule has 2 aromatic rings. The van der Waals surface area contributed by atoms with Gasteiger partial charge in [0.15, 0.2) is 5.78 Å². The van der Waals surface area contributed by atoms with Gasteiger partial charge in [-0.1, -0.05) is 29.8 Å². The summed E-state index contributed by atoms with van der Waals surface area (Å²) in [6, 6.07) is 11.7. The van der Waals surface area contributed by atoms with Crippen LogP contribution in [-0.4, -0.2) is 29.2 Å². The van der Waals surface area contributed by atoms with Gasteiger partial charge in [0.05, 0.1) is 19.2 Å². The average molecular weight is 313 g/mol. The van der Waals surface area contributed by atoms with Crippen LogP contribution in [-0.2, 0) is 27.8 Å². The Morgan fingerprint density at radius 1 is 1.04 bits per heavy atom. The zero-order valence-electron chi connectivity index (χ0n) is 13.5. The molecule has 2 rings (SSSR count). The molecule has 0 radical (unpaired) electrons. The summed E-state index contributed by atoms with van der Waals surface area (Å²) >= 11 is 0. The third kappa shape index (κ3) is 3.94. The Kier molecular flexibility index (Phi) is 5.11. The number of benzene rings is 1. The van der Waals surface area contributed by atoms with Gasteiger partial charge in [0.2, 0.25) is 5.78 Å². The first-order chi connectivity index (χ1) is 10.9. The average Bonchev–Trinajstić information content (AvgIpc) is 2.89. The molecule has 1 aromatic heterocycles. The minimum atomic E-state index is -0.993. The largest absolute Gasteiger partial charge is 0.463 e. The van der Waals surface area contributed by atoms with Crippen LogP contribution in [0.1, 0.15) is 33.7 Å². The molecule has 1 aromatic carbocycles. The summed E-state index contributed by atoms with van der Waals surface area (Å²) in [5, 5.41) is 0. The van der Waals surface area contributed by atoms with Crippen molar-refractivity contribution in [1.29, 1.82) is 0 Å². The second kappa shape index (κ2) is 7.05. The van der Waals surface area contributed by atoms with Crippen molar-refractivity contribution in [3.8, 4) is 0 Å². The molecule has 0 spiro atoms. The Morgan fingerprint density at radius 3 is 2.30 bits per heavy atom. The first-order valence-corrected chi connectivity index (χ1v) is 7.27. The Balaban J connectivity index is 2.12. The Bertz CT molecular complexity index is 741. The van der Waals surface area contributed by atoms with Gasteiger partial charge in [0.1, 0.15) is 0 Å². The number of aromatic nitrogens is 1. The van der Waals surface area contributed by atoms with Crippen LogP contribution >= 0.6 is 0 Å². The lowest BCUT2D eigenvalue weighted by molar-refractivity contribution is -0.151. The van der Waals surface area contributed by atoms with Gasteiger partial charge < -0.3 is 9.30 Å². The van der Waals surface area contributed by atoms with E-state index in [0.717, 1.165) is 18.4 Å². The molecule has 5 heteroatoms. The number of methoxy groups -OCH3 is 1. The molecule has 0 saturated carbocycles. The van der Waals surface area contributed by atoms with Crippen molar-refractivity contribution in [3.63, 3.8) is 0 Å². The van der Waals surface area contributed by atoms with E-state index >= 15 is 0 Å². The third-order valence-corrected chi connectivity index (χ3v) is 3.75. The van der Waals surface area contributed by atoms with Crippen molar-refractivity contribution in [2.24, 2.45) is 7.05 Å². The maximum atomic E-state index is 12.2. The molecule has 1 heterocycles. The van der Waals surface area contributed by atoms with Crippen LogP contribution in [0.15, 0.2) is 36.4 Å². The lowest BCUT2D eigenvalue weighted by Crippen LogP contribution is -2.20. The second-order valence-electron chi connectivity index (χ2n) is 5.45. The number of carbonyl (C=O) groups is 3. The van der Waals surface area contributed by atoms with E-state index in [2.05, 4.69) is 4.74 Å². The lowest BCUT2D eigenvalue weighted by Gasteiger charge is -2.07. The number of rotatable bonds is 6. The van der Waals surface area contributed by atoms with E-state index < -0.39 is 24.0 Å². The van der Waals surface area contributed by atoms with Gasteiger partial charge in [0, 0.05) is 19.2 Å². The molecule has 0 bridgehead atoms. The summed E-state index contributed by atoms with van der Waals surface area (Å²) in [7, 11) is 2.90. The highest BCUT2D eigenvalue weighted by Gasteiger charge is 2.21. The minimum absolute atomic E-state index is 0.391. The first kappa shape index (κ1) is 16.7. The quantitative estimate of drug-likeness (QED) is 0.355. The molecule has 0 N–H and O–H groups in total. The predicted molar refractivity (Wildman–Crippen MR) is 85.4 cm³/mol. The number of hydrogen-bond acceptors (Lipinski definition) is 4. The van der Waals surface area contributed by atoms with Crippen LogP contribution in [0.2, 0.25) is 0 Å². The highest BCUT2D eigenvalue weighted by Crippen LogP contribution is 2.15. The lowest BCUT2D eigenvalue weighted by atomic mass is 10.1. The molecule has 0 atom stereocenters. The highest BCUT2D eigenvalue weighted by atomic mass is 16.5. The van der Waals surface area contributed by atoms with Gasteiger partial charge >= 0.3 is 5.97 Å². The molecule has 0 aliphatic heterocycles. The van der Waals surface area contributed by atoms with E-state index in [9.17, 15) is 14.4 Å². The van der Waals surface area contributed by atoms with E-state index in [-0.39, 0.29) is 0 Å². The zero-order valence-corrected chi connectivity index (χ0v) is 13.5. The van der Waals surface area contributed by atoms with E-state index in [1.807, 2.05) is 37.3 Å². The Labute approximate surface area is 134 Å². The van der Waals surface area contributed by atoms with Crippen LogP contribution in [0.4, 0.5) is 0 Å². The molecule has 23 heavy (non-hydrogen) atoms. The molecular weight excluding hydrogens is 294 g/mol. The summed E-state index contributed by atoms with van der Waals surface area (Å²) in [6.45, 7) is 2.03. The molecule has 0 amide bonds. The van der Waals surface area contributed by atoms with Crippen molar-refractivity contribution in [3.05, 3.63) is 58.9 Å². The van der Waals surface area contributed by atoms with Crippen LogP contribution in [0, 0.1) is 6.92 Å². The fraction of sp³-hybridized carbons (Fsp3) is 0.278. The summed E-state index contributed by atoms with van der Waals surface area (Å²) in [4.78, 5) is 34.8. The fourth-order valence-corrected chi connectivity index (χ4v) is 2.35. The molecular formula is C18H19NO4. The first-order valence-electron chi connectivity index (χ1n) is 7.27. The van der Waals surface area contributed by atoms with Crippen molar-refractivity contribution < 1.29 is 19.1 Å². The monoisotopic (exact) mass is 313 g/mol. The summed E-state index contributed by atoms with van der Waals surface area (Å²) in [6.07, 6.45) is 0.212. The number of carbonyl (C=O) groups excluding carboxylic acids is 3. The number of esters is 1. The maximum absolute atomic E-state index is 12.2. The number of Topliss-reactive ketones (excluding diaryl/α,β-unsaturated/α-hetero) is 2. The molecule has 0 unspecified atom stereocenters. The number of ether oxygens (including phenoxy) is 1. The summed E-state index contributed by atoms with van der Waals surface area (Å²) in [5.74, 6) is -2.22. The Hall–Kier alpha value is -2.69. The topological polar surface area (TPSA) is 65.4 Å². The number of hydrogen-bond donors (Lipinski definition) is 0. The molecule has 0 aliphatic carbocycles. The number of nitrogens with zero attached hydrogens (tertiary/aromatic N) is 1. The van der Waals surface area contributed by atoms with Gasteiger partial charge in [0.25, 0.3) is 0 Å². The van der Waals surface area contributed by atoms with Crippen LogP contribution in [0.5, 0.6) is 0 Å². The van der Waals surface area contributed by atoms with Crippen LogP contribution < -0.4 is 0 Å². The molecule has 0 fully saturated rings. The predicted octanol–water partition coefficient (Wildman–Crippen LogP) is 2.24. The highest BCUT2D eigenvalue weighted by molar-refractivity contribution is 6.38. The standard InChI is InChI=1S/C18H19NO4/c1-12-4-6-13(7-5-12)10-14-8-9-15(19(14)2)16(20)11-17(21)18(22)23-3/h4-9H,10-11H2,1-3H3. The SMILES string of the molecule is COC(=O)C(=O)CC(=O)c1ccc(Cc2ccc(C)cc2)n1C. The Morgan fingerprint density at radius 2 is 1.70 bits per heavy atom. The van der Waals surface area contributed by atoms with Crippen molar-refractivity contribution in [2.45, 2.75) is 19.8 Å². The number of aryl methyl sites for hydroxylation is 1. The third-order valence-electron chi connectivity index (χ3n) is 3.75. The smallest absolute Gasteiger partial charge is 0.374 e. The zero-order chi connectivity index (χ0) is 17.0. The summed E-state index contributed by atoms with van der Waals surface area (Å²) in [5.41, 5.74) is 3.70. The van der Waals surface area contributed by atoms with Crippen molar-refractivity contribution >= 4 is 17.5 Å². The van der Waals surface area contributed by atoms with Gasteiger partial charge in [-0.25, -0.2) is 4.79 Å². The van der Waals surface area contributed by atoms with E-state index in [1.165, 1.54) is 5.56 Å². The van der Waals surface area contributed by atoms with Crippen molar-refractivity contribution in [2.75, 3.05) is 7.11 Å². The van der Waals surface area contributed by atoms with Gasteiger partial charge in [-0.15, -0.1) is 0 Å². The van der Waals surface area contributed by atoms with E-state index in [1.54, 1.807) is 17.7 Å². The molecule has 120 valence electrons. The second-order valence-corrected chi connectivity index (χ2v) is 5.45. The molecule has 5 nitrogen and oxygen atoms in total. The molecule has 0 aliphatic rings. The van der Waals surface area contributed by atoms with E-state index in [0.29, 0.717) is 12.1 Å². The van der Waals surface area contributed by atoms with Gasteiger partial charge in [-0.3, -0.25) is 9.59 Å². The van der Waals surface area contributed by atoms with Crippen LogP contribution in [0.25, 0.3) is 0 Å². The van der Waals surface area contributed by atoms with Crippen LogP contribution in [0.3, 0.4) is 0 Å². The fourth-order valence-electron chi connectivity index (χ4n) is 2.35. The number of ketones is 2.